The summed E-state index contributed by atoms with van der Waals surface area (Å²) in [6.45, 7) is 6.58. The molecule has 2 aromatic heterocycles. The van der Waals surface area contributed by atoms with Gasteiger partial charge in [-0.15, -0.1) is 6.58 Å². The zero-order chi connectivity index (χ0) is 13.0. The molecule has 18 heavy (non-hydrogen) atoms. The van der Waals surface area contributed by atoms with Gasteiger partial charge in [0.05, 0.1) is 0 Å². The number of rotatable bonds is 5. The molecular formula is C14H18N4. The Balaban J connectivity index is 2.49. The van der Waals surface area contributed by atoms with Crippen molar-refractivity contribution in [3.05, 3.63) is 43.0 Å². The average molecular weight is 242 g/mol. The summed E-state index contributed by atoms with van der Waals surface area (Å²) in [6.07, 6.45) is 7.32. The van der Waals surface area contributed by atoms with Crippen LogP contribution in [0.4, 0.5) is 5.82 Å². The highest BCUT2D eigenvalue weighted by molar-refractivity contribution is 5.70. The van der Waals surface area contributed by atoms with Crippen molar-refractivity contribution in [2.75, 3.05) is 5.73 Å². The van der Waals surface area contributed by atoms with E-state index in [1.807, 2.05) is 22.8 Å². The number of nitrogens with zero attached hydrogens (tertiary/aromatic N) is 3. The van der Waals surface area contributed by atoms with E-state index < -0.39 is 0 Å². The third kappa shape index (κ3) is 2.27. The van der Waals surface area contributed by atoms with E-state index in [1.54, 1.807) is 12.4 Å². The number of nitrogens with two attached hydrogens (primary N) is 1. The van der Waals surface area contributed by atoms with Crippen LogP contribution in [-0.4, -0.2) is 14.5 Å². The van der Waals surface area contributed by atoms with Crippen molar-refractivity contribution in [1.29, 1.82) is 0 Å². The summed E-state index contributed by atoms with van der Waals surface area (Å²) in [4.78, 5) is 8.75. The maximum absolute atomic E-state index is 6.18. The van der Waals surface area contributed by atoms with Crippen LogP contribution in [0.25, 0.3) is 11.3 Å². The molecular weight excluding hydrogens is 224 g/mol. The number of pyridine rings is 1. The number of aryl methyl sites for hydroxylation is 1. The zero-order valence-electron chi connectivity index (χ0n) is 10.6. The first-order valence-electron chi connectivity index (χ1n) is 6.14. The Bertz CT molecular complexity index is 528. The highest BCUT2D eigenvalue weighted by Gasteiger charge is 2.14. The van der Waals surface area contributed by atoms with Crippen molar-refractivity contribution in [2.24, 2.45) is 0 Å². The predicted octanol–water partition coefficient (Wildman–Crippen LogP) is 2.67. The molecule has 0 saturated carbocycles. The van der Waals surface area contributed by atoms with E-state index in [0.717, 1.165) is 29.9 Å². The maximum Gasteiger partial charge on any atom is 0.132 e. The molecule has 0 aliphatic rings. The maximum atomic E-state index is 6.18. The van der Waals surface area contributed by atoms with Gasteiger partial charge in [0, 0.05) is 30.9 Å². The summed E-state index contributed by atoms with van der Waals surface area (Å²) in [5, 5.41) is 0. The Kier molecular flexibility index (Phi) is 3.77. The van der Waals surface area contributed by atoms with E-state index in [1.165, 1.54) is 0 Å². The first-order chi connectivity index (χ1) is 8.77. The van der Waals surface area contributed by atoms with Crippen molar-refractivity contribution in [1.82, 2.24) is 14.5 Å². The molecule has 2 N–H and O–H groups in total. The standard InChI is InChI=1S/C14H18N4/c1-3-6-12-17-13(11-7-5-8-16-10-11)14(15)18(12)9-4-2/h4-5,7-8,10H,2-3,6,9,15H2,1H3. The number of anilines is 1. The highest BCUT2D eigenvalue weighted by Crippen LogP contribution is 2.26. The van der Waals surface area contributed by atoms with Crippen molar-refractivity contribution < 1.29 is 0 Å². The van der Waals surface area contributed by atoms with Crippen molar-refractivity contribution in [3.8, 4) is 11.3 Å². The average Bonchev–Trinajstić information content (AvgIpc) is 2.70. The lowest BCUT2D eigenvalue weighted by Gasteiger charge is -2.05. The molecule has 94 valence electrons. The minimum absolute atomic E-state index is 0.686. The SMILES string of the molecule is C=CCn1c(CCC)nc(-c2cccnc2)c1N. The number of allylic oxidation sites excluding steroid dienone is 1. The van der Waals surface area contributed by atoms with Gasteiger partial charge in [-0.2, -0.15) is 0 Å². The molecule has 0 fully saturated rings. The van der Waals surface area contributed by atoms with Gasteiger partial charge in [0.15, 0.2) is 0 Å². The molecule has 0 bridgehead atoms. The van der Waals surface area contributed by atoms with Crippen LogP contribution < -0.4 is 5.73 Å². The van der Waals surface area contributed by atoms with Crippen LogP contribution in [-0.2, 0) is 13.0 Å². The van der Waals surface area contributed by atoms with Crippen LogP contribution in [0.2, 0.25) is 0 Å². The van der Waals surface area contributed by atoms with E-state index in [-0.39, 0.29) is 0 Å². The van der Waals surface area contributed by atoms with Gasteiger partial charge in [-0.05, 0) is 18.6 Å². The minimum Gasteiger partial charge on any atom is -0.383 e. The molecule has 0 amide bonds. The van der Waals surface area contributed by atoms with Gasteiger partial charge in [-0.1, -0.05) is 13.0 Å². The lowest BCUT2D eigenvalue weighted by atomic mass is 10.2. The summed E-state index contributed by atoms with van der Waals surface area (Å²) in [6, 6.07) is 3.86. The van der Waals surface area contributed by atoms with Gasteiger partial charge in [-0.3, -0.25) is 4.98 Å². The Labute approximate surface area is 107 Å². The third-order valence-electron chi connectivity index (χ3n) is 2.81. The summed E-state index contributed by atoms with van der Waals surface area (Å²) in [7, 11) is 0. The fourth-order valence-corrected chi connectivity index (χ4v) is 1.98. The third-order valence-corrected chi connectivity index (χ3v) is 2.81. The lowest BCUT2D eigenvalue weighted by Crippen LogP contribution is -2.05. The Morgan fingerprint density at radius 1 is 1.50 bits per heavy atom. The molecule has 0 spiro atoms. The van der Waals surface area contributed by atoms with Gasteiger partial charge in [0.1, 0.15) is 17.3 Å². The van der Waals surface area contributed by atoms with Gasteiger partial charge >= 0.3 is 0 Å². The summed E-state index contributed by atoms with van der Waals surface area (Å²) in [5.74, 6) is 1.69. The molecule has 0 aliphatic carbocycles. The van der Waals surface area contributed by atoms with Crippen LogP contribution in [0.5, 0.6) is 0 Å². The topological polar surface area (TPSA) is 56.7 Å². The molecule has 0 unspecified atom stereocenters. The summed E-state index contributed by atoms with van der Waals surface area (Å²) in [5.41, 5.74) is 7.94. The normalized spacial score (nSPS) is 10.5. The Morgan fingerprint density at radius 2 is 2.33 bits per heavy atom. The number of nitrogen functional groups attached to an aromatic ring is 1. The number of aromatic nitrogens is 3. The molecule has 2 aromatic rings. The second-order valence-corrected chi connectivity index (χ2v) is 4.15. The first kappa shape index (κ1) is 12.4. The van der Waals surface area contributed by atoms with E-state index in [4.69, 9.17) is 5.73 Å². The van der Waals surface area contributed by atoms with Crippen LogP contribution in [0.1, 0.15) is 19.2 Å². The van der Waals surface area contributed by atoms with Gasteiger partial charge in [0.25, 0.3) is 0 Å². The smallest absolute Gasteiger partial charge is 0.132 e. The molecule has 2 rings (SSSR count). The lowest BCUT2D eigenvalue weighted by molar-refractivity contribution is 0.724. The molecule has 0 aromatic carbocycles. The quantitative estimate of drug-likeness (QED) is 0.820. The molecule has 0 aliphatic heterocycles. The monoisotopic (exact) mass is 242 g/mol. The molecule has 0 radical (unpaired) electrons. The number of imidazole rings is 1. The molecule has 4 heteroatoms. The minimum atomic E-state index is 0.686. The van der Waals surface area contributed by atoms with E-state index in [0.29, 0.717) is 12.4 Å². The number of hydrogen-bond acceptors (Lipinski definition) is 3. The predicted molar refractivity (Wildman–Crippen MR) is 74.1 cm³/mol. The first-order valence-corrected chi connectivity index (χ1v) is 6.14. The van der Waals surface area contributed by atoms with Crippen LogP contribution in [0.15, 0.2) is 37.2 Å². The van der Waals surface area contributed by atoms with Gasteiger partial charge in [0.2, 0.25) is 0 Å². The second-order valence-electron chi connectivity index (χ2n) is 4.15. The summed E-state index contributed by atoms with van der Waals surface area (Å²) < 4.78 is 2.01. The molecule has 0 atom stereocenters. The largest absolute Gasteiger partial charge is 0.383 e. The van der Waals surface area contributed by atoms with Crippen LogP contribution >= 0.6 is 0 Å². The van der Waals surface area contributed by atoms with Crippen LogP contribution in [0, 0.1) is 0 Å². The number of hydrogen-bond donors (Lipinski definition) is 1. The Hall–Kier alpha value is -2.10. The van der Waals surface area contributed by atoms with E-state index >= 15 is 0 Å². The summed E-state index contributed by atoms with van der Waals surface area (Å²) >= 11 is 0. The van der Waals surface area contributed by atoms with Crippen molar-refractivity contribution in [3.63, 3.8) is 0 Å². The van der Waals surface area contributed by atoms with Gasteiger partial charge < -0.3 is 10.3 Å². The molecule has 0 saturated heterocycles. The van der Waals surface area contributed by atoms with Crippen molar-refractivity contribution >= 4 is 5.82 Å². The fourth-order valence-electron chi connectivity index (χ4n) is 1.98. The van der Waals surface area contributed by atoms with Crippen LogP contribution in [0.3, 0.4) is 0 Å². The highest BCUT2D eigenvalue weighted by atomic mass is 15.1. The molecule has 4 nitrogen and oxygen atoms in total. The zero-order valence-corrected chi connectivity index (χ0v) is 10.6. The Morgan fingerprint density at radius 3 is 2.94 bits per heavy atom. The second kappa shape index (κ2) is 5.49. The van der Waals surface area contributed by atoms with Gasteiger partial charge in [-0.25, -0.2) is 4.98 Å². The van der Waals surface area contributed by atoms with E-state index in [2.05, 4.69) is 23.5 Å². The fraction of sp³-hybridized carbons (Fsp3) is 0.286. The molecule has 2 heterocycles. The van der Waals surface area contributed by atoms with Crippen molar-refractivity contribution in [2.45, 2.75) is 26.3 Å². The van der Waals surface area contributed by atoms with E-state index in [9.17, 15) is 0 Å².